The molecule has 0 spiro atoms. The summed E-state index contributed by atoms with van der Waals surface area (Å²) in [4.78, 5) is 23.3. The zero-order chi connectivity index (χ0) is 14.7. The Morgan fingerprint density at radius 2 is 2.05 bits per heavy atom. The third-order valence-corrected chi connectivity index (χ3v) is 4.36. The summed E-state index contributed by atoms with van der Waals surface area (Å²) in [7, 11) is 1.85. The Labute approximate surface area is 119 Å². The molecule has 0 aliphatic heterocycles. The van der Waals surface area contributed by atoms with Gasteiger partial charge in [0.25, 0.3) is 5.91 Å². The Balaban J connectivity index is 1.95. The number of amides is 1. The zero-order valence-electron chi connectivity index (χ0n) is 12.1. The number of carboxylic acid groups (broad SMARTS) is 1. The van der Waals surface area contributed by atoms with Crippen LogP contribution in [0.1, 0.15) is 41.9 Å². The van der Waals surface area contributed by atoms with Crippen LogP contribution in [0.3, 0.4) is 0 Å². The van der Waals surface area contributed by atoms with Crippen LogP contribution in [0.4, 0.5) is 0 Å². The van der Waals surface area contributed by atoms with Crippen molar-refractivity contribution in [3.8, 4) is 0 Å². The summed E-state index contributed by atoms with van der Waals surface area (Å²) in [6, 6.07) is 3.69. The van der Waals surface area contributed by atoms with Crippen LogP contribution in [-0.4, -0.2) is 28.1 Å². The molecular weight excluding hydrogens is 256 g/mol. The lowest BCUT2D eigenvalue weighted by Gasteiger charge is -2.28. The van der Waals surface area contributed by atoms with E-state index in [-0.39, 0.29) is 17.7 Å². The first-order valence-corrected chi connectivity index (χ1v) is 7.14. The third-order valence-electron chi connectivity index (χ3n) is 4.36. The number of hydrogen-bond acceptors (Lipinski definition) is 2. The lowest BCUT2D eigenvalue weighted by molar-refractivity contribution is -0.144. The first kappa shape index (κ1) is 14.6. The van der Waals surface area contributed by atoms with Crippen LogP contribution in [0.25, 0.3) is 0 Å². The molecule has 1 saturated carbocycles. The number of rotatable bonds is 4. The minimum absolute atomic E-state index is 0.0477. The lowest BCUT2D eigenvalue weighted by Crippen LogP contribution is -2.37. The summed E-state index contributed by atoms with van der Waals surface area (Å²) >= 11 is 0. The summed E-state index contributed by atoms with van der Waals surface area (Å²) in [6.07, 6.45) is 3.62. The van der Waals surface area contributed by atoms with Crippen molar-refractivity contribution in [2.24, 2.45) is 18.9 Å². The van der Waals surface area contributed by atoms with Crippen molar-refractivity contribution >= 4 is 11.9 Å². The van der Waals surface area contributed by atoms with E-state index in [1.54, 1.807) is 6.07 Å². The number of hydrogen-bond donors (Lipinski definition) is 2. The summed E-state index contributed by atoms with van der Waals surface area (Å²) in [6.45, 7) is 2.39. The van der Waals surface area contributed by atoms with Crippen molar-refractivity contribution in [3.05, 3.63) is 23.5 Å². The third kappa shape index (κ3) is 3.03. The normalized spacial score (nSPS) is 22.5. The second kappa shape index (κ2) is 6.11. The summed E-state index contributed by atoms with van der Waals surface area (Å²) < 4.78 is 1.84. The molecule has 1 aromatic rings. The Kier molecular flexibility index (Phi) is 4.47. The van der Waals surface area contributed by atoms with Gasteiger partial charge in [0.15, 0.2) is 0 Å². The summed E-state index contributed by atoms with van der Waals surface area (Å²) in [5, 5.41) is 12.1. The Morgan fingerprint density at radius 3 is 2.65 bits per heavy atom. The monoisotopic (exact) mass is 278 g/mol. The van der Waals surface area contributed by atoms with E-state index in [1.807, 2.05) is 24.6 Å². The minimum atomic E-state index is -0.737. The van der Waals surface area contributed by atoms with Crippen molar-refractivity contribution in [2.45, 2.75) is 32.6 Å². The molecule has 2 unspecified atom stereocenters. The van der Waals surface area contributed by atoms with Gasteiger partial charge in [0, 0.05) is 19.3 Å². The standard InChI is InChI=1S/C15H22N2O3/c1-10-7-8-13(17(10)2)14(18)16-9-11-5-3-4-6-12(11)15(19)20/h7-8,11-12H,3-6,9H2,1-2H3,(H,16,18)(H,19,20). The second-order valence-corrected chi connectivity index (χ2v) is 5.62. The molecule has 0 radical (unpaired) electrons. The van der Waals surface area contributed by atoms with Gasteiger partial charge >= 0.3 is 5.97 Å². The summed E-state index contributed by atoms with van der Waals surface area (Å²) in [5.74, 6) is -1.14. The highest BCUT2D eigenvalue weighted by atomic mass is 16.4. The number of aryl methyl sites for hydroxylation is 1. The fraction of sp³-hybridized carbons (Fsp3) is 0.600. The largest absolute Gasteiger partial charge is 0.481 e. The molecule has 0 aromatic carbocycles. The van der Waals surface area contributed by atoms with Crippen LogP contribution in [0, 0.1) is 18.8 Å². The van der Waals surface area contributed by atoms with Gasteiger partial charge in [-0.3, -0.25) is 9.59 Å². The lowest BCUT2D eigenvalue weighted by atomic mass is 9.79. The fourth-order valence-corrected chi connectivity index (χ4v) is 2.93. The van der Waals surface area contributed by atoms with Crippen LogP contribution in [0.15, 0.2) is 12.1 Å². The van der Waals surface area contributed by atoms with Gasteiger partial charge in [-0.05, 0) is 37.8 Å². The maximum atomic E-state index is 12.1. The topological polar surface area (TPSA) is 71.3 Å². The summed E-state index contributed by atoms with van der Waals surface area (Å²) in [5.41, 5.74) is 1.64. The predicted octanol–water partition coefficient (Wildman–Crippen LogP) is 1.95. The Morgan fingerprint density at radius 1 is 1.35 bits per heavy atom. The molecule has 1 amide bonds. The molecule has 2 N–H and O–H groups in total. The van der Waals surface area contributed by atoms with Crippen LogP contribution in [0.5, 0.6) is 0 Å². The molecule has 110 valence electrons. The number of aromatic nitrogens is 1. The van der Waals surface area contributed by atoms with Gasteiger partial charge in [0.05, 0.1) is 5.92 Å². The number of carbonyl (C=O) groups excluding carboxylic acids is 1. The Hall–Kier alpha value is -1.78. The molecule has 0 bridgehead atoms. The molecule has 1 heterocycles. The quantitative estimate of drug-likeness (QED) is 0.884. The number of nitrogens with one attached hydrogen (secondary N) is 1. The molecule has 2 rings (SSSR count). The van der Waals surface area contributed by atoms with Gasteiger partial charge in [-0.1, -0.05) is 12.8 Å². The molecular formula is C15H22N2O3. The highest BCUT2D eigenvalue weighted by molar-refractivity contribution is 5.92. The van der Waals surface area contributed by atoms with Crippen LogP contribution >= 0.6 is 0 Å². The minimum Gasteiger partial charge on any atom is -0.481 e. The van der Waals surface area contributed by atoms with Crippen LogP contribution < -0.4 is 5.32 Å². The second-order valence-electron chi connectivity index (χ2n) is 5.62. The molecule has 1 aromatic heterocycles. The molecule has 1 aliphatic rings. The van der Waals surface area contributed by atoms with E-state index in [1.165, 1.54) is 0 Å². The number of nitrogens with zero attached hydrogens (tertiary/aromatic N) is 1. The highest BCUT2D eigenvalue weighted by Crippen LogP contribution is 2.29. The maximum Gasteiger partial charge on any atom is 0.306 e. The van der Waals surface area contributed by atoms with Crippen LogP contribution in [-0.2, 0) is 11.8 Å². The van der Waals surface area contributed by atoms with Gasteiger partial charge in [-0.25, -0.2) is 0 Å². The predicted molar refractivity (Wildman–Crippen MR) is 75.6 cm³/mol. The average molecular weight is 278 g/mol. The first-order valence-electron chi connectivity index (χ1n) is 7.14. The van der Waals surface area contributed by atoms with E-state index in [0.29, 0.717) is 12.2 Å². The SMILES string of the molecule is Cc1ccc(C(=O)NCC2CCCCC2C(=O)O)n1C. The van der Waals surface area contributed by atoms with Gasteiger partial charge in [0.2, 0.25) is 0 Å². The van der Waals surface area contributed by atoms with Crippen molar-refractivity contribution in [1.29, 1.82) is 0 Å². The molecule has 1 aliphatic carbocycles. The van der Waals surface area contributed by atoms with Gasteiger partial charge in [-0.15, -0.1) is 0 Å². The maximum absolute atomic E-state index is 12.1. The highest BCUT2D eigenvalue weighted by Gasteiger charge is 2.31. The Bertz CT molecular complexity index is 507. The first-order chi connectivity index (χ1) is 9.50. The number of aliphatic carboxylic acids is 1. The van der Waals surface area contributed by atoms with E-state index >= 15 is 0 Å². The number of carboxylic acids is 1. The van der Waals surface area contributed by atoms with Crippen molar-refractivity contribution in [3.63, 3.8) is 0 Å². The smallest absolute Gasteiger partial charge is 0.306 e. The average Bonchev–Trinajstić information content (AvgIpc) is 2.76. The van der Waals surface area contributed by atoms with E-state index in [9.17, 15) is 14.7 Å². The van der Waals surface area contributed by atoms with Crippen LogP contribution in [0.2, 0.25) is 0 Å². The molecule has 1 fully saturated rings. The zero-order valence-corrected chi connectivity index (χ0v) is 12.1. The van der Waals surface area contributed by atoms with Crippen molar-refractivity contribution < 1.29 is 14.7 Å². The van der Waals surface area contributed by atoms with Crippen molar-refractivity contribution in [1.82, 2.24) is 9.88 Å². The molecule has 5 nitrogen and oxygen atoms in total. The van der Waals surface area contributed by atoms with Gasteiger partial charge < -0.3 is 15.0 Å². The van der Waals surface area contributed by atoms with E-state index in [2.05, 4.69) is 5.32 Å². The van der Waals surface area contributed by atoms with E-state index < -0.39 is 5.97 Å². The molecule has 5 heteroatoms. The molecule has 0 saturated heterocycles. The van der Waals surface area contributed by atoms with E-state index in [4.69, 9.17) is 0 Å². The van der Waals surface area contributed by atoms with E-state index in [0.717, 1.165) is 31.4 Å². The molecule has 20 heavy (non-hydrogen) atoms. The fourth-order valence-electron chi connectivity index (χ4n) is 2.93. The number of carbonyl (C=O) groups is 2. The van der Waals surface area contributed by atoms with Gasteiger partial charge in [0.1, 0.15) is 5.69 Å². The van der Waals surface area contributed by atoms with Crippen molar-refractivity contribution in [2.75, 3.05) is 6.54 Å². The molecule has 2 atom stereocenters. The van der Waals surface area contributed by atoms with Gasteiger partial charge in [-0.2, -0.15) is 0 Å².